The highest BCUT2D eigenvalue weighted by molar-refractivity contribution is 5.79. The summed E-state index contributed by atoms with van der Waals surface area (Å²) in [4.78, 5) is 21.5. The largest absolute Gasteiger partial charge is 0.369 e. The van der Waals surface area contributed by atoms with Crippen molar-refractivity contribution in [2.24, 2.45) is 23.3 Å². The quantitative estimate of drug-likeness (QED) is 0.790. The highest BCUT2D eigenvalue weighted by Gasteiger charge is 2.27. The first-order valence-corrected chi connectivity index (χ1v) is 7.20. The summed E-state index contributed by atoms with van der Waals surface area (Å²) in [6.45, 7) is 0. The van der Waals surface area contributed by atoms with Gasteiger partial charge in [-0.15, -0.1) is 0 Å². The van der Waals surface area contributed by atoms with Crippen LogP contribution in [0.5, 0.6) is 0 Å². The van der Waals surface area contributed by atoms with E-state index in [0.29, 0.717) is 25.7 Å². The first kappa shape index (κ1) is 15.0. The van der Waals surface area contributed by atoms with Crippen LogP contribution in [0.1, 0.15) is 64.2 Å². The minimum atomic E-state index is -0.252. The van der Waals surface area contributed by atoms with Crippen molar-refractivity contribution in [3.63, 3.8) is 0 Å². The van der Waals surface area contributed by atoms with E-state index in [9.17, 15) is 9.59 Å². The molecule has 4 nitrogen and oxygen atoms in total. The first-order valence-electron chi connectivity index (χ1n) is 7.20. The Morgan fingerprint density at radius 1 is 0.611 bits per heavy atom. The van der Waals surface area contributed by atoms with Crippen molar-refractivity contribution < 1.29 is 9.59 Å². The fourth-order valence-electron chi connectivity index (χ4n) is 2.72. The Balaban J connectivity index is 0.000000225. The average Bonchev–Trinajstić information content (AvgIpc) is 2.41. The van der Waals surface area contributed by atoms with Crippen molar-refractivity contribution >= 4 is 11.8 Å². The Kier molecular flexibility index (Phi) is 6.76. The zero-order valence-corrected chi connectivity index (χ0v) is 11.2. The molecule has 0 aliphatic heterocycles. The number of nitrogens with two attached hydrogens (primary N) is 2. The van der Waals surface area contributed by atoms with Crippen LogP contribution in [0.4, 0.5) is 0 Å². The molecule has 0 aromatic rings. The lowest BCUT2D eigenvalue weighted by Crippen LogP contribution is -2.32. The minimum Gasteiger partial charge on any atom is -0.369 e. The summed E-state index contributed by atoms with van der Waals surface area (Å²) in [6, 6.07) is 0. The summed E-state index contributed by atoms with van der Waals surface area (Å²) in [6.07, 6.45) is 11.8. The molecular weight excluding hydrogens is 228 g/mol. The van der Waals surface area contributed by atoms with E-state index >= 15 is 0 Å². The maximum atomic E-state index is 10.7. The van der Waals surface area contributed by atoms with Crippen molar-refractivity contribution in [2.75, 3.05) is 0 Å². The summed E-state index contributed by atoms with van der Waals surface area (Å²) >= 11 is 0. The van der Waals surface area contributed by atoms with Gasteiger partial charge < -0.3 is 11.5 Å². The number of hydrogen-bond donors (Lipinski definition) is 2. The van der Waals surface area contributed by atoms with E-state index in [1.54, 1.807) is 0 Å². The van der Waals surface area contributed by atoms with Crippen LogP contribution in [0.25, 0.3) is 0 Å². The maximum absolute atomic E-state index is 10.7. The third-order valence-corrected chi connectivity index (χ3v) is 4.03. The van der Waals surface area contributed by atoms with E-state index < -0.39 is 0 Å². The topological polar surface area (TPSA) is 86.2 Å². The smallest absolute Gasteiger partial charge is 0.220 e. The molecule has 0 unspecified atom stereocenters. The Hall–Kier alpha value is -1.06. The molecule has 0 atom stereocenters. The summed E-state index contributed by atoms with van der Waals surface area (Å²) in [5.41, 5.74) is 10.3. The number of primary amides is 2. The molecule has 2 aliphatic rings. The van der Waals surface area contributed by atoms with E-state index in [-0.39, 0.29) is 23.7 Å². The average molecular weight is 254 g/mol. The molecule has 0 aromatic carbocycles. The molecule has 104 valence electrons. The Labute approximate surface area is 109 Å². The Bertz CT molecular complexity index is 233. The van der Waals surface area contributed by atoms with Crippen LogP contribution < -0.4 is 11.5 Å². The highest BCUT2D eigenvalue weighted by Crippen LogP contribution is 2.28. The number of amides is 2. The van der Waals surface area contributed by atoms with Crippen LogP contribution in [-0.2, 0) is 9.59 Å². The normalized spacial score (nSPS) is 27.8. The summed E-state index contributed by atoms with van der Waals surface area (Å²) in [7, 11) is 0. The number of hydrogen-bond acceptors (Lipinski definition) is 2. The van der Waals surface area contributed by atoms with Gasteiger partial charge in [0.15, 0.2) is 0 Å². The molecular formula is C14H26N2O2. The number of rotatable bonds is 2. The summed E-state index contributed by atoms with van der Waals surface area (Å²) in [5.74, 6) is -0.586. The molecule has 4 heteroatoms. The van der Waals surface area contributed by atoms with Crippen LogP contribution in [0.15, 0.2) is 0 Å². The van der Waals surface area contributed by atoms with Crippen molar-refractivity contribution in [3.05, 3.63) is 0 Å². The van der Waals surface area contributed by atoms with Crippen LogP contribution in [0.3, 0.4) is 0 Å². The van der Waals surface area contributed by atoms with E-state index in [2.05, 4.69) is 0 Å². The van der Waals surface area contributed by atoms with Gasteiger partial charge in [0, 0.05) is 11.8 Å². The van der Waals surface area contributed by atoms with Gasteiger partial charge in [-0.05, 0) is 25.7 Å². The second-order valence-corrected chi connectivity index (χ2v) is 5.47. The van der Waals surface area contributed by atoms with Gasteiger partial charge in [0.2, 0.25) is 11.8 Å². The molecule has 0 saturated heterocycles. The predicted octanol–water partition coefficient (Wildman–Crippen LogP) is 2.10. The molecule has 0 radical (unpaired) electrons. The van der Waals surface area contributed by atoms with Crippen molar-refractivity contribution in [2.45, 2.75) is 64.2 Å². The molecule has 0 aromatic heterocycles. The molecule has 18 heavy (non-hydrogen) atoms. The molecule has 0 heterocycles. The monoisotopic (exact) mass is 254 g/mol. The summed E-state index contributed by atoms with van der Waals surface area (Å²) in [5, 5.41) is 0. The molecule has 0 spiro atoms. The molecule has 4 N–H and O–H groups in total. The third kappa shape index (κ3) is 5.52. The van der Waals surface area contributed by atoms with Crippen molar-refractivity contribution in [1.82, 2.24) is 0 Å². The van der Waals surface area contributed by atoms with Gasteiger partial charge in [0.05, 0.1) is 0 Å². The molecule has 2 rings (SSSR count). The minimum absolute atomic E-state index is 0.0411. The lowest BCUT2D eigenvalue weighted by atomic mass is 9.81. The fraction of sp³-hybridized carbons (Fsp3) is 0.857. The number of carbonyl (C=O) groups is 2. The van der Waals surface area contributed by atoms with Crippen LogP contribution >= 0.6 is 0 Å². The number of carbonyl (C=O) groups excluding carboxylic acids is 2. The molecule has 0 bridgehead atoms. The Morgan fingerprint density at radius 3 is 1.00 bits per heavy atom. The van der Waals surface area contributed by atoms with Gasteiger partial charge in [-0.25, -0.2) is 0 Å². The third-order valence-electron chi connectivity index (χ3n) is 4.03. The van der Waals surface area contributed by atoms with Gasteiger partial charge in [-0.2, -0.15) is 0 Å². The molecule has 2 amide bonds. The van der Waals surface area contributed by atoms with Crippen LogP contribution in [0, 0.1) is 11.8 Å². The zero-order valence-electron chi connectivity index (χ0n) is 11.2. The standard InChI is InChI=1S/C8H14N2O2.C6H12/c9-7(11)5-1-2-6(4-3-5)8(10)12;1-2-4-6-5-3-1/h5-6H,1-4H2,(H2,9,11)(H2,10,12);1-6H2. The van der Waals surface area contributed by atoms with E-state index in [1.807, 2.05) is 0 Å². The maximum Gasteiger partial charge on any atom is 0.220 e. The van der Waals surface area contributed by atoms with Gasteiger partial charge in [-0.1, -0.05) is 38.5 Å². The van der Waals surface area contributed by atoms with Crippen molar-refractivity contribution in [3.8, 4) is 0 Å². The second-order valence-electron chi connectivity index (χ2n) is 5.47. The second kappa shape index (κ2) is 8.11. The van der Waals surface area contributed by atoms with E-state index in [0.717, 1.165) is 0 Å². The zero-order chi connectivity index (χ0) is 13.4. The van der Waals surface area contributed by atoms with Crippen LogP contribution in [-0.4, -0.2) is 11.8 Å². The first-order chi connectivity index (χ1) is 8.61. The van der Waals surface area contributed by atoms with Gasteiger partial charge in [0.25, 0.3) is 0 Å². The fourth-order valence-corrected chi connectivity index (χ4v) is 2.72. The van der Waals surface area contributed by atoms with E-state index in [1.165, 1.54) is 38.5 Å². The van der Waals surface area contributed by atoms with E-state index in [4.69, 9.17) is 11.5 Å². The van der Waals surface area contributed by atoms with Crippen LogP contribution in [0.2, 0.25) is 0 Å². The predicted molar refractivity (Wildman–Crippen MR) is 71.5 cm³/mol. The Morgan fingerprint density at radius 2 is 0.833 bits per heavy atom. The summed E-state index contributed by atoms with van der Waals surface area (Å²) < 4.78 is 0. The van der Waals surface area contributed by atoms with Gasteiger partial charge in [-0.3, -0.25) is 9.59 Å². The lowest BCUT2D eigenvalue weighted by molar-refractivity contribution is -0.127. The van der Waals surface area contributed by atoms with Gasteiger partial charge in [0.1, 0.15) is 0 Å². The lowest BCUT2D eigenvalue weighted by Gasteiger charge is -2.23. The van der Waals surface area contributed by atoms with Crippen molar-refractivity contribution in [1.29, 1.82) is 0 Å². The molecule has 2 fully saturated rings. The molecule has 2 saturated carbocycles. The SMILES string of the molecule is C1CCCCC1.NC(=O)C1CCC(C(N)=O)CC1. The highest BCUT2D eigenvalue weighted by atomic mass is 16.1. The molecule has 2 aliphatic carbocycles. The van der Waals surface area contributed by atoms with Gasteiger partial charge >= 0.3 is 0 Å².